The van der Waals surface area contributed by atoms with Crippen LogP contribution in [-0.4, -0.2) is 41.0 Å². The monoisotopic (exact) mass is 341 g/mol. The van der Waals surface area contributed by atoms with E-state index in [-0.39, 0.29) is 16.9 Å². The highest BCUT2D eigenvalue weighted by Gasteiger charge is 2.61. The van der Waals surface area contributed by atoms with E-state index in [2.05, 4.69) is 24.8 Å². The third-order valence-electron chi connectivity index (χ3n) is 7.27. The molecule has 1 aliphatic heterocycles. The molecule has 4 aliphatic rings. The van der Waals surface area contributed by atoms with Gasteiger partial charge in [-0.15, -0.1) is 0 Å². The fourth-order valence-corrected chi connectivity index (χ4v) is 5.85. The van der Waals surface area contributed by atoms with Crippen molar-refractivity contribution in [2.45, 2.75) is 63.5 Å². The highest BCUT2D eigenvalue weighted by atomic mass is 16.5. The Labute approximate surface area is 149 Å². The number of ketones is 1. The maximum Gasteiger partial charge on any atom is 0.174 e. The molecule has 25 heavy (non-hydrogen) atoms. The Hall–Kier alpha value is -1.55. The lowest BCUT2D eigenvalue weighted by Gasteiger charge is -2.51. The lowest BCUT2D eigenvalue weighted by molar-refractivity contribution is -0.134. The summed E-state index contributed by atoms with van der Waals surface area (Å²) < 4.78 is 6.09. The quantitative estimate of drug-likeness (QED) is 0.914. The smallest absolute Gasteiger partial charge is 0.174 e. The number of hydrogen-bond donors (Lipinski definition) is 1. The Morgan fingerprint density at radius 3 is 2.84 bits per heavy atom. The Morgan fingerprint density at radius 1 is 1.32 bits per heavy atom. The average molecular weight is 341 g/mol. The number of phenolic OH excluding ortho intramolecular Hbond substituents is 1. The zero-order chi connectivity index (χ0) is 17.3. The Balaban J connectivity index is 1.63. The van der Waals surface area contributed by atoms with Crippen LogP contribution in [0.5, 0.6) is 11.5 Å². The highest BCUT2D eigenvalue weighted by Crippen LogP contribution is 2.60. The van der Waals surface area contributed by atoms with Gasteiger partial charge < -0.3 is 9.84 Å². The van der Waals surface area contributed by atoms with Crippen molar-refractivity contribution in [3.05, 3.63) is 23.3 Å². The minimum atomic E-state index is -0.421. The van der Waals surface area contributed by atoms with Gasteiger partial charge in [-0.3, -0.25) is 9.69 Å². The van der Waals surface area contributed by atoms with Crippen LogP contribution in [0.3, 0.4) is 0 Å². The molecule has 1 aromatic rings. The molecule has 134 valence electrons. The lowest BCUT2D eigenvalue weighted by Crippen LogP contribution is -2.60. The van der Waals surface area contributed by atoms with Gasteiger partial charge in [0.05, 0.1) is 0 Å². The molecule has 4 nitrogen and oxygen atoms in total. The van der Waals surface area contributed by atoms with Crippen LogP contribution in [0.4, 0.5) is 0 Å². The molecule has 4 atom stereocenters. The largest absolute Gasteiger partial charge is 0.504 e. The van der Waals surface area contributed by atoms with Crippen LogP contribution in [0.15, 0.2) is 12.1 Å². The number of Topliss-reactive ketones (excluding diaryl/α,β-unsaturated/α-hetero) is 1. The van der Waals surface area contributed by atoms with Crippen LogP contribution < -0.4 is 4.74 Å². The van der Waals surface area contributed by atoms with Crippen molar-refractivity contribution in [2.75, 3.05) is 13.1 Å². The molecule has 1 heterocycles. The lowest BCUT2D eigenvalue weighted by atomic mass is 9.55. The first-order valence-corrected chi connectivity index (χ1v) is 9.82. The molecule has 1 N–H and O–H groups in total. The van der Waals surface area contributed by atoms with E-state index in [1.807, 2.05) is 0 Å². The topological polar surface area (TPSA) is 49.8 Å². The number of aromatic hydroxyl groups is 1. The Bertz CT molecular complexity index is 741. The molecule has 0 bridgehead atoms. The number of likely N-dealkylation sites (N-methyl/N-ethyl adjacent to an activating group) is 1. The highest BCUT2D eigenvalue weighted by molar-refractivity contribution is 5.88. The molecule has 0 radical (unpaired) electrons. The molecular formula is C21H27NO3. The Kier molecular flexibility index (Phi) is 3.28. The fourth-order valence-electron chi connectivity index (χ4n) is 5.85. The molecule has 2 unspecified atom stereocenters. The molecule has 0 aromatic heterocycles. The molecule has 0 spiro atoms. The van der Waals surface area contributed by atoms with Gasteiger partial charge in [0.2, 0.25) is 0 Å². The van der Waals surface area contributed by atoms with Crippen molar-refractivity contribution in [2.24, 2.45) is 11.8 Å². The summed E-state index contributed by atoms with van der Waals surface area (Å²) in [4.78, 5) is 15.3. The number of benzene rings is 1. The maximum absolute atomic E-state index is 12.7. The van der Waals surface area contributed by atoms with Crippen molar-refractivity contribution in [1.29, 1.82) is 0 Å². The summed E-state index contributed by atoms with van der Waals surface area (Å²) in [6, 6.07) is 4.27. The number of ether oxygens (including phenoxy) is 1. The van der Waals surface area contributed by atoms with Crippen molar-refractivity contribution in [3.8, 4) is 11.5 Å². The van der Waals surface area contributed by atoms with E-state index < -0.39 is 6.10 Å². The summed E-state index contributed by atoms with van der Waals surface area (Å²) in [7, 11) is 0. The third-order valence-corrected chi connectivity index (χ3v) is 7.27. The standard InChI is InChI=1S/C21H27NO3/c1-3-22(11-12-4-5-12)15-10-13-6-8-16(23)19-18(13)21(2)14(15)7-9-17(24)20(21)25-19/h6,8,12,14-15,20,23H,3-5,7,9-11H2,1-2H3/t14?,15-,20+,21?/m1/s1. The Morgan fingerprint density at radius 2 is 2.12 bits per heavy atom. The van der Waals surface area contributed by atoms with Crippen LogP contribution in [0.25, 0.3) is 0 Å². The number of hydrogen-bond acceptors (Lipinski definition) is 4. The molecule has 1 aromatic carbocycles. The molecule has 0 saturated heterocycles. The van der Waals surface area contributed by atoms with E-state index in [1.54, 1.807) is 6.07 Å². The average Bonchev–Trinajstić information content (AvgIpc) is 3.35. The maximum atomic E-state index is 12.7. The van der Waals surface area contributed by atoms with Gasteiger partial charge in [-0.25, -0.2) is 0 Å². The van der Waals surface area contributed by atoms with Gasteiger partial charge in [0.15, 0.2) is 23.4 Å². The number of phenols is 1. The van der Waals surface area contributed by atoms with Crippen molar-refractivity contribution in [1.82, 2.24) is 4.90 Å². The van der Waals surface area contributed by atoms with Gasteiger partial charge in [-0.2, -0.15) is 0 Å². The zero-order valence-electron chi connectivity index (χ0n) is 15.1. The summed E-state index contributed by atoms with van der Waals surface area (Å²) in [5.41, 5.74) is 2.09. The van der Waals surface area contributed by atoms with Crippen LogP contribution in [0.2, 0.25) is 0 Å². The summed E-state index contributed by atoms with van der Waals surface area (Å²) >= 11 is 0. The molecular weight excluding hydrogens is 314 g/mol. The normalized spacial score (nSPS) is 35.6. The van der Waals surface area contributed by atoms with Crippen LogP contribution in [-0.2, 0) is 16.6 Å². The minimum Gasteiger partial charge on any atom is -0.504 e. The van der Waals surface area contributed by atoms with E-state index in [0.717, 1.165) is 30.9 Å². The predicted molar refractivity (Wildman–Crippen MR) is 95.1 cm³/mol. The SMILES string of the molecule is CCN(CC1CC1)[C@@H]1Cc2ccc(O)c3c2C2(C)C1CCC(=O)[C@@H]2O3. The third kappa shape index (κ3) is 2.06. The van der Waals surface area contributed by atoms with Gasteiger partial charge in [0.25, 0.3) is 0 Å². The van der Waals surface area contributed by atoms with Gasteiger partial charge in [-0.05, 0) is 55.7 Å². The summed E-state index contributed by atoms with van der Waals surface area (Å²) in [6.45, 7) is 6.73. The number of carbonyl (C=O) groups excluding carboxylic acids is 1. The molecule has 5 rings (SSSR count). The van der Waals surface area contributed by atoms with E-state index >= 15 is 0 Å². The second kappa shape index (κ2) is 5.23. The molecule has 2 saturated carbocycles. The van der Waals surface area contributed by atoms with Crippen LogP contribution >= 0.6 is 0 Å². The summed E-state index contributed by atoms with van der Waals surface area (Å²) in [5.74, 6) is 2.25. The van der Waals surface area contributed by atoms with Crippen molar-refractivity contribution in [3.63, 3.8) is 0 Å². The van der Waals surface area contributed by atoms with Gasteiger partial charge >= 0.3 is 0 Å². The second-order valence-electron chi connectivity index (χ2n) is 8.64. The van der Waals surface area contributed by atoms with E-state index in [9.17, 15) is 9.90 Å². The van der Waals surface area contributed by atoms with Gasteiger partial charge in [0.1, 0.15) is 0 Å². The first-order chi connectivity index (χ1) is 12.0. The van der Waals surface area contributed by atoms with E-state index in [0.29, 0.717) is 24.1 Å². The number of rotatable bonds is 4. The van der Waals surface area contributed by atoms with Crippen molar-refractivity contribution < 1.29 is 14.6 Å². The fraction of sp³-hybridized carbons (Fsp3) is 0.667. The minimum absolute atomic E-state index is 0.185. The molecule has 2 fully saturated rings. The van der Waals surface area contributed by atoms with Crippen LogP contribution in [0.1, 0.15) is 50.7 Å². The first kappa shape index (κ1) is 15.7. The van der Waals surface area contributed by atoms with E-state index in [4.69, 9.17) is 4.74 Å². The summed E-state index contributed by atoms with van der Waals surface area (Å²) in [5, 5.41) is 10.3. The van der Waals surface area contributed by atoms with Crippen molar-refractivity contribution >= 4 is 5.78 Å². The summed E-state index contributed by atoms with van der Waals surface area (Å²) in [6.07, 6.45) is 4.86. The predicted octanol–water partition coefficient (Wildman–Crippen LogP) is 3.05. The molecule has 0 amide bonds. The van der Waals surface area contributed by atoms with E-state index in [1.165, 1.54) is 24.9 Å². The van der Waals surface area contributed by atoms with Crippen LogP contribution in [0, 0.1) is 11.8 Å². The number of carbonyl (C=O) groups is 1. The first-order valence-electron chi connectivity index (χ1n) is 9.82. The second-order valence-corrected chi connectivity index (χ2v) is 8.64. The zero-order valence-corrected chi connectivity index (χ0v) is 15.1. The number of nitrogens with zero attached hydrogens (tertiary/aromatic N) is 1. The molecule has 3 aliphatic carbocycles. The van der Waals surface area contributed by atoms with Gasteiger partial charge in [0, 0.05) is 30.0 Å². The molecule has 4 heteroatoms. The van der Waals surface area contributed by atoms with Gasteiger partial charge in [-0.1, -0.05) is 19.9 Å².